The smallest absolute Gasteiger partial charge is 0.342 e. The van der Waals surface area contributed by atoms with E-state index in [-0.39, 0.29) is 6.61 Å². The minimum atomic E-state index is -0.452. The second-order valence-electron chi connectivity index (χ2n) is 6.36. The Balaban J connectivity index is 2.10. The van der Waals surface area contributed by atoms with E-state index >= 15 is 0 Å². The molecule has 0 aliphatic heterocycles. The number of pyridine rings is 1. The predicted octanol–water partition coefficient (Wildman–Crippen LogP) is 3.85. The highest BCUT2D eigenvalue weighted by atomic mass is 16.5. The lowest BCUT2D eigenvalue weighted by molar-refractivity contribution is -0.351. The molecule has 3 rings (SSSR count). The zero-order chi connectivity index (χ0) is 19.9. The molecule has 1 heterocycles. The molecule has 140 valence electrons. The monoisotopic (exact) mass is 372 g/mol. The molecule has 0 atom stereocenters. The standard InChI is InChI=1S/C23H21N3O2/c1-3-28-23(27)20-14-19(15-24)22(25-21(20)18-12-8-5-9-13-18)26(2)16-17-10-6-4-7-11-17/h4-14H,3,16H2,1-2H3/p+1. The van der Waals surface area contributed by atoms with Crippen molar-refractivity contribution in [1.82, 2.24) is 0 Å². The first-order chi connectivity index (χ1) is 13.6. The number of nitriles is 1. The molecule has 0 fully saturated rings. The van der Waals surface area contributed by atoms with Gasteiger partial charge < -0.3 is 4.74 Å². The van der Waals surface area contributed by atoms with Gasteiger partial charge in [0.05, 0.1) is 13.7 Å². The summed E-state index contributed by atoms with van der Waals surface area (Å²) in [4.78, 5) is 17.8. The Hall–Kier alpha value is -3.65. The number of nitrogens with zero attached hydrogens (tertiary/aromatic N) is 2. The van der Waals surface area contributed by atoms with Crippen LogP contribution in [0.3, 0.4) is 0 Å². The molecule has 5 nitrogen and oxygen atoms in total. The van der Waals surface area contributed by atoms with Crippen molar-refractivity contribution in [2.45, 2.75) is 13.5 Å². The molecular weight excluding hydrogens is 350 g/mol. The zero-order valence-electron chi connectivity index (χ0n) is 16.0. The maximum absolute atomic E-state index is 12.5. The van der Waals surface area contributed by atoms with E-state index in [1.54, 1.807) is 13.0 Å². The molecule has 28 heavy (non-hydrogen) atoms. The highest BCUT2D eigenvalue weighted by molar-refractivity contribution is 5.96. The summed E-state index contributed by atoms with van der Waals surface area (Å²) in [5.74, 6) is 0.199. The Kier molecular flexibility index (Phi) is 6.03. The summed E-state index contributed by atoms with van der Waals surface area (Å²) in [5, 5.41) is 9.68. The lowest BCUT2D eigenvalue weighted by Gasteiger charge is -2.15. The van der Waals surface area contributed by atoms with Crippen molar-refractivity contribution >= 4 is 11.8 Å². The maximum atomic E-state index is 12.5. The van der Waals surface area contributed by atoms with Crippen molar-refractivity contribution in [3.63, 3.8) is 0 Å². The molecule has 0 saturated heterocycles. The van der Waals surface area contributed by atoms with E-state index in [2.05, 4.69) is 11.1 Å². The van der Waals surface area contributed by atoms with E-state index in [1.165, 1.54) is 0 Å². The van der Waals surface area contributed by atoms with Gasteiger partial charge in [-0.15, -0.1) is 0 Å². The van der Waals surface area contributed by atoms with Crippen LogP contribution in [-0.4, -0.2) is 19.6 Å². The quantitative estimate of drug-likeness (QED) is 0.616. The van der Waals surface area contributed by atoms with Crippen LogP contribution in [0.4, 0.5) is 5.82 Å². The van der Waals surface area contributed by atoms with Gasteiger partial charge in [-0.05, 0) is 18.6 Å². The van der Waals surface area contributed by atoms with Crippen molar-refractivity contribution in [3.8, 4) is 17.3 Å². The van der Waals surface area contributed by atoms with Gasteiger partial charge in [-0.2, -0.15) is 5.26 Å². The van der Waals surface area contributed by atoms with E-state index < -0.39 is 5.97 Å². The van der Waals surface area contributed by atoms with Crippen molar-refractivity contribution < 1.29 is 14.5 Å². The van der Waals surface area contributed by atoms with Crippen LogP contribution in [0.2, 0.25) is 0 Å². The highest BCUT2D eigenvalue weighted by Crippen LogP contribution is 2.25. The third-order valence-corrected chi connectivity index (χ3v) is 4.38. The van der Waals surface area contributed by atoms with E-state index in [0.29, 0.717) is 29.2 Å². The van der Waals surface area contributed by atoms with Gasteiger partial charge >= 0.3 is 5.97 Å². The van der Waals surface area contributed by atoms with Gasteiger partial charge in [-0.3, -0.25) is 4.90 Å². The summed E-state index contributed by atoms with van der Waals surface area (Å²) in [6.07, 6.45) is 0. The number of carbonyl (C=O) groups excluding carboxylic acids is 1. The number of ether oxygens (including phenoxy) is 1. The van der Waals surface area contributed by atoms with E-state index in [1.807, 2.05) is 72.6 Å². The van der Waals surface area contributed by atoms with Crippen molar-refractivity contribution in [3.05, 3.63) is 83.4 Å². The minimum absolute atomic E-state index is 0.268. The van der Waals surface area contributed by atoms with Crippen LogP contribution >= 0.6 is 0 Å². The predicted molar refractivity (Wildman–Crippen MR) is 108 cm³/mol. The highest BCUT2D eigenvalue weighted by Gasteiger charge is 2.25. The summed E-state index contributed by atoms with van der Waals surface area (Å²) in [5.41, 5.74) is 3.35. The summed E-state index contributed by atoms with van der Waals surface area (Å²) >= 11 is 0. The Morgan fingerprint density at radius 2 is 1.75 bits per heavy atom. The number of benzene rings is 2. The van der Waals surface area contributed by atoms with Crippen LogP contribution in [0.1, 0.15) is 28.4 Å². The van der Waals surface area contributed by atoms with Gasteiger partial charge in [0, 0.05) is 5.56 Å². The van der Waals surface area contributed by atoms with Gasteiger partial charge in [-0.25, -0.2) is 9.78 Å². The van der Waals surface area contributed by atoms with Crippen LogP contribution < -0.4 is 9.88 Å². The van der Waals surface area contributed by atoms with Gasteiger partial charge in [0.15, 0.2) is 0 Å². The van der Waals surface area contributed by atoms with E-state index in [0.717, 1.165) is 11.1 Å². The molecular formula is C23H22N3O2+. The molecule has 5 heteroatoms. The summed E-state index contributed by atoms with van der Waals surface area (Å²) in [7, 11) is 1.92. The Morgan fingerprint density at radius 1 is 1.11 bits per heavy atom. The molecule has 0 unspecified atom stereocenters. The summed E-state index contributed by atoms with van der Waals surface area (Å²) < 4.78 is 5.20. The molecule has 0 spiro atoms. The largest absolute Gasteiger partial charge is 0.462 e. The van der Waals surface area contributed by atoms with Gasteiger partial charge in [0.1, 0.15) is 29.4 Å². The molecule has 1 N–H and O–H groups in total. The second kappa shape index (κ2) is 8.83. The number of hydrogen-bond donors (Lipinski definition) is 0. The average Bonchev–Trinajstić information content (AvgIpc) is 2.74. The number of H-pyrrole nitrogens is 1. The number of carbonyl (C=O) groups is 1. The van der Waals surface area contributed by atoms with Gasteiger partial charge in [0.25, 0.3) is 5.82 Å². The second-order valence-corrected chi connectivity index (χ2v) is 6.36. The number of aromatic amines is 1. The number of anilines is 1. The van der Waals surface area contributed by atoms with E-state index in [4.69, 9.17) is 4.74 Å². The Bertz CT molecular complexity index is 996. The third-order valence-electron chi connectivity index (χ3n) is 4.38. The fourth-order valence-corrected chi connectivity index (χ4v) is 3.06. The number of nitrogens with one attached hydrogen (secondary N) is 1. The maximum Gasteiger partial charge on any atom is 0.342 e. The number of rotatable bonds is 6. The fraction of sp³-hybridized carbons (Fsp3) is 0.174. The third kappa shape index (κ3) is 4.18. The zero-order valence-corrected chi connectivity index (χ0v) is 16.0. The molecule has 0 radical (unpaired) electrons. The molecule has 0 saturated carbocycles. The van der Waals surface area contributed by atoms with Gasteiger partial charge in [-0.1, -0.05) is 60.7 Å². The molecule has 0 bridgehead atoms. The van der Waals surface area contributed by atoms with Crippen molar-refractivity contribution in [2.24, 2.45) is 0 Å². The fourth-order valence-electron chi connectivity index (χ4n) is 3.06. The van der Waals surface area contributed by atoms with Gasteiger partial charge in [0.2, 0.25) is 0 Å². The lowest BCUT2D eigenvalue weighted by Crippen LogP contribution is -2.29. The molecule has 2 aromatic carbocycles. The molecule has 0 aliphatic rings. The first-order valence-corrected chi connectivity index (χ1v) is 9.12. The Labute approximate surface area is 164 Å². The average molecular weight is 372 g/mol. The SMILES string of the molecule is CCOC(=O)c1cc(C#N)c(N(C)Cc2ccccc2)[nH+]c1-c1ccccc1. The van der Waals surface area contributed by atoms with Crippen LogP contribution in [0.5, 0.6) is 0 Å². The number of esters is 1. The first-order valence-electron chi connectivity index (χ1n) is 9.12. The summed E-state index contributed by atoms with van der Waals surface area (Å²) in [6, 6.07) is 23.4. The molecule has 1 aromatic heterocycles. The van der Waals surface area contributed by atoms with Crippen LogP contribution in [0.15, 0.2) is 66.7 Å². The normalized spacial score (nSPS) is 10.2. The van der Waals surface area contributed by atoms with Crippen LogP contribution in [0.25, 0.3) is 11.3 Å². The summed E-state index contributed by atoms with van der Waals surface area (Å²) in [6.45, 7) is 2.65. The Morgan fingerprint density at radius 3 is 2.36 bits per heavy atom. The molecule has 0 aliphatic carbocycles. The van der Waals surface area contributed by atoms with Crippen LogP contribution in [-0.2, 0) is 11.3 Å². The van der Waals surface area contributed by atoms with E-state index in [9.17, 15) is 10.1 Å². The van der Waals surface area contributed by atoms with Crippen LogP contribution in [0, 0.1) is 11.3 Å². The molecule has 3 aromatic rings. The number of hydrogen-bond acceptors (Lipinski definition) is 4. The number of aromatic nitrogens is 1. The van der Waals surface area contributed by atoms with Crippen molar-refractivity contribution in [2.75, 3.05) is 18.6 Å². The first kappa shape index (κ1) is 19.1. The molecule has 0 amide bonds. The minimum Gasteiger partial charge on any atom is -0.462 e. The van der Waals surface area contributed by atoms with Crippen molar-refractivity contribution in [1.29, 1.82) is 5.26 Å². The topological polar surface area (TPSA) is 67.5 Å². The lowest BCUT2D eigenvalue weighted by atomic mass is 10.0.